The van der Waals surface area contributed by atoms with E-state index in [2.05, 4.69) is 20.4 Å². The molecule has 0 bridgehead atoms. The van der Waals surface area contributed by atoms with Gasteiger partial charge < -0.3 is 15.1 Å². The maximum atomic E-state index is 13.1. The van der Waals surface area contributed by atoms with E-state index in [0.717, 1.165) is 43.7 Å². The Morgan fingerprint density at radius 2 is 2.11 bits per heavy atom. The summed E-state index contributed by atoms with van der Waals surface area (Å²) >= 11 is 0. The zero-order chi connectivity index (χ0) is 18.8. The molecule has 1 aliphatic carbocycles. The van der Waals surface area contributed by atoms with Gasteiger partial charge in [0.25, 0.3) is 0 Å². The Hall–Kier alpha value is -2.70. The van der Waals surface area contributed by atoms with Crippen molar-refractivity contribution in [1.82, 2.24) is 20.4 Å². The van der Waals surface area contributed by atoms with Crippen LogP contribution in [0.4, 0.5) is 15.0 Å². The van der Waals surface area contributed by atoms with E-state index in [-0.39, 0.29) is 29.8 Å². The molecule has 1 saturated heterocycles. The number of carbonyl (C=O) groups excluding carboxylic acids is 1. The SMILES string of the molecule is CN(C(=O)N[C@H]1C[C@@H]1c1ccc(F)cc1)[C@@H]1CCCN(c2cccnn2)C1. The highest BCUT2D eigenvalue weighted by Crippen LogP contribution is 2.40. The van der Waals surface area contributed by atoms with Gasteiger partial charge in [-0.2, -0.15) is 5.10 Å². The van der Waals surface area contributed by atoms with E-state index in [1.165, 1.54) is 12.1 Å². The van der Waals surface area contributed by atoms with Crippen molar-refractivity contribution in [1.29, 1.82) is 0 Å². The molecule has 1 saturated carbocycles. The molecule has 27 heavy (non-hydrogen) atoms. The monoisotopic (exact) mass is 369 g/mol. The van der Waals surface area contributed by atoms with Gasteiger partial charge in [-0.15, -0.1) is 5.10 Å². The standard InChI is InChI=1S/C20H24FN5O/c1-25(16-4-3-11-26(13-16)19-5-2-10-22-24-19)20(27)23-18-12-17(18)14-6-8-15(21)9-7-14/h2,5-10,16-18H,3-4,11-13H2,1H3,(H,23,27)/t16-,17-,18+/m1/s1. The molecule has 0 unspecified atom stereocenters. The maximum absolute atomic E-state index is 13.1. The largest absolute Gasteiger partial charge is 0.353 e. The van der Waals surface area contributed by atoms with Crippen molar-refractivity contribution in [2.24, 2.45) is 0 Å². The van der Waals surface area contributed by atoms with Gasteiger partial charge in [0.05, 0.1) is 6.04 Å². The Balaban J connectivity index is 1.32. The number of anilines is 1. The number of halogens is 1. The van der Waals surface area contributed by atoms with Crippen LogP contribution in [0, 0.1) is 5.82 Å². The predicted molar refractivity (Wildman–Crippen MR) is 101 cm³/mol. The molecular weight excluding hydrogens is 345 g/mol. The number of carbonyl (C=O) groups is 1. The Bertz CT molecular complexity index is 785. The van der Waals surface area contributed by atoms with Gasteiger partial charge in [-0.05, 0) is 49.1 Å². The molecule has 1 aromatic carbocycles. The lowest BCUT2D eigenvalue weighted by Crippen LogP contribution is -2.52. The quantitative estimate of drug-likeness (QED) is 0.900. The van der Waals surface area contributed by atoms with Crippen LogP contribution in [0.3, 0.4) is 0 Å². The Kier molecular flexibility index (Phi) is 4.92. The molecule has 1 N–H and O–H groups in total. The van der Waals surface area contributed by atoms with Gasteiger partial charge in [-0.25, -0.2) is 9.18 Å². The van der Waals surface area contributed by atoms with E-state index in [1.807, 2.05) is 24.1 Å². The third-order valence-corrected chi connectivity index (χ3v) is 5.54. The molecule has 4 rings (SSSR count). The van der Waals surface area contributed by atoms with Gasteiger partial charge in [0.15, 0.2) is 5.82 Å². The molecule has 3 atom stereocenters. The van der Waals surface area contributed by atoms with Crippen LogP contribution in [-0.4, -0.2) is 53.3 Å². The number of amides is 2. The fourth-order valence-electron chi connectivity index (χ4n) is 3.80. The number of hydrogen-bond acceptors (Lipinski definition) is 4. The van der Waals surface area contributed by atoms with Crippen LogP contribution in [0.25, 0.3) is 0 Å². The van der Waals surface area contributed by atoms with E-state index < -0.39 is 0 Å². The van der Waals surface area contributed by atoms with Gasteiger partial charge in [-0.3, -0.25) is 0 Å². The van der Waals surface area contributed by atoms with Crippen molar-refractivity contribution in [3.8, 4) is 0 Å². The topological polar surface area (TPSA) is 61.4 Å². The van der Waals surface area contributed by atoms with Gasteiger partial charge in [0.1, 0.15) is 5.82 Å². The number of rotatable bonds is 4. The highest BCUT2D eigenvalue weighted by molar-refractivity contribution is 5.75. The summed E-state index contributed by atoms with van der Waals surface area (Å²) in [7, 11) is 1.86. The molecule has 0 spiro atoms. The van der Waals surface area contributed by atoms with E-state index in [9.17, 15) is 9.18 Å². The van der Waals surface area contributed by atoms with Gasteiger partial charge in [0, 0.05) is 38.3 Å². The first kappa shape index (κ1) is 17.7. The van der Waals surface area contributed by atoms with Crippen molar-refractivity contribution < 1.29 is 9.18 Å². The van der Waals surface area contributed by atoms with Crippen molar-refractivity contribution in [3.63, 3.8) is 0 Å². The van der Waals surface area contributed by atoms with Crippen molar-refractivity contribution in [2.45, 2.75) is 37.3 Å². The maximum Gasteiger partial charge on any atom is 0.317 e. The first-order valence-corrected chi connectivity index (χ1v) is 9.43. The fraction of sp³-hybridized carbons (Fsp3) is 0.450. The average molecular weight is 369 g/mol. The number of aromatic nitrogens is 2. The summed E-state index contributed by atoms with van der Waals surface area (Å²) in [6.45, 7) is 1.69. The lowest BCUT2D eigenvalue weighted by atomic mass is 10.0. The zero-order valence-electron chi connectivity index (χ0n) is 15.4. The number of urea groups is 1. The molecule has 7 heteroatoms. The smallest absolute Gasteiger partial charge is 0.317 e. The molecule has 2 aliphatic rings. The molecular formula is C20H24FN5O. The second-order valence-electron chi connectivity index (χ2n) is 7.38. The fourth-order valence-corrected chi connectivity index (χ4v) is 3.80. The van der Waals surface area contributed by atoms with Crippen LogP contribution in [0.5, 0.6) is 0 Å². The minimum absolute atomic E-state index is 0.0457. The lowest BCUT2D eigenvalue weighted by molar-refractivity contribution is 0.182. The third kappa shape index (κ3) is 4.02. The molecule has 2 amide bonds. The molecule has 1 aromatic heterocycles. The van der Waals surface area contributed by atoms with Crippen molar-refractivity contribution in [2.75, 3.05) is 25.0 Å². The summed E-state index contributed by atoms with van der Waals surface area (Å²) in [5.41, 5.74) is 1.08. The van der Waals surface area contributed by atoms with Crippen LogP contribution < -0.4 is 10.2 Å². The molecule has 2 fully saturated rings. The highest BCUT2D eigenvalue weighted by atomic mass is 19.1. The summed E-state index contributed by atoms with van der Waals surface area (Å²) in [5, 5.41) is 11.2. The number of nitrogens with one attached hydrogen (secondary N) is 1. The first-order chi connectivity index (χ1) is 13.1. The van der Waals surface area contributed by atoms with E-state index in [4.69, 9.17) is 0 Å². The van der Waals surface area contributed by atoms with Crippen LogP contribution >= 0.6 is 0 Å². The number of piperidine rings is 1. The second-order valence-corrected chi connectivity index (χ2v) is 7.38. The van der Waals surface area contributed by atoms with Crippen LogP contribution in [-0.2, 0) is 0 Å². The summed E-state index contributed by atoms with van der Waals surface area (Å²) in [4.78, 5) is 16.7. The Morgan fingerprint density at radius 1 is 1.30 bits per heavy atom. The Morgan fingerprint density at radius 3 is 2.85 bits per heavy atom. The average Bonchev–Trinajstić information content (AvgIpc) is 3.47. The molecule has 2 heterocycles. The lowest BCUT2D eigenvalue weighted by Gasteiger charge is -2.38. The molecule has 0 radical (unpaired) electrons. The van der Waals surface area contributed by atoms with Crippen LogP contribution in [0.1, 0.15) is 30.7 Å². The van der Waals surface area contributed by atoms with Gasteiger partial charge in [-0.1, -0.05) is 12.1 Å². The van der Waals surface area contributed by atoms with E-state index >= 15 is 0 Å². The molecule has 142 valence electrons. The van der Waals surface area contributed by atoms with Crippen LogP contribution in [0.15, 0.2) is 42.6 Å². The van der Waals surface area contributed by atoms with Crippen molar-refractivity contribution >= 4 is 11.8 Å². The summed E-state index contributed by atoms with van der Waals surface area (Å²) in [6.07, 6.45) is 4.56. The minimum atomic E-state index is -0.232. The Labute approximate surface area is 158 Å². The molecule has 1 aliphatic heterocycles. The highest BCUT2D eigenvalue weighted by Gasteiger charge is 2.40. The van der Waals surface area contributed by atoms with Gasteiger partial charge in [0.2, 0.25) is 0 Å². The molecule has 2 aromatic rings. The molecule has 6 nitrogen and oxygen atoms in total. The first-order valence-electron chi connectivity index (χ1n) is 9.43. The summed E-state index contributed by atoms with van der Waals surface area (Å²) in [6, 6.07) is 10.6. The third-order valence-electron chi connectivity index (χ3n) is 5.54. The van der Waals surface area contributed by atoms with Gasteiger partial charge >= 0.3 is 6.03 Å². The second kappa shape index (κ2) is 7.50. The zero-order valence-corrected chi connectivity index (χ0v) is 15.4. The summed E-state index contributed by atoms with van der Waals surface area (Å²) in [5.74, 6) is 0.907. The predicted octanol–water partition coefficient (Wildman–Crippen LogP) is 2.78. The number of likely N-dealkylation sites (N-methyl/N-ethyl adjacent to an activating group) is 1. The normalized spacial score (nSPS) is 24.4. The minimum Gasteiger partial charge on any atom is -0.353 e. The number of benzene rings is 1. The number of hydrogen-bond donors (Lipinski definition) is 1. The van der Waals surface area contributed by atoms with Crippen LogP contribution in [0.2, 0.25) is 0 Å². The summed E-state index contributed by atoms with van der Waals surface area (Å²) < 4.78 is 13.1. The van der Waals surface area contributed by atoms with Crippen molar-refractivity contribution in [3.05, 3.63) is 54.0 Å². The van der Waals surface area contributed by atoms with E-state index in [0.29, 0.717) is 0 Å². The number of nitrogens with zero attached hydrogens (tertiary/aromatic N) is 4. The van der Waals surface area contributed by atoms with E-state index in [1.54, 1.807) is 18.3 Å².